The molecule has 1 heterocycles. The summed E-state index contributed by atoms with van der Waals surface area (Å²) in [6.07, 6.45) is -7.88. The molecule has 1 N–H and O–H groups in total. The first-order valence-corrected chi connectivity index (χ1v) is 8.63. The fourth-order valence-electron chi connectivity index (χ4n) is 2.65. The predicted molar refractivity (Wildman–Crippen MR) is 91.0 cm³/mol. The Morgan fingerprint density at radius 3 is 2.65 bits per heavy atom. The first-order valence-electron chi connectivity index (χ1n) is 8.25. The molecule has 26 heavy (non-hydrogen) atoms. The van der Waals surface area contributed by atoms with E-state index in [0.717, 1.165) is 10.5 Å². The van der Waals surface area contributed by atoms with Crippen molar-refractivity contribution in [1.29, 1.82) is 0 Å². The molecule has 1 aromatic carbocycles. The number of halogens is 4. The molecule has 0 aromatic heterocycles. The van der Waals surface area contributed by atoms with Crippen molar-refractivity contribution in [3.05, 3.63) is 34.9 Å². The maximum atomic E-state index is 12.7. The van der Waals surface area contributed by atoms with Gasteiger partial charge in [0, 0.05) is 24.7 Å². The van der Waals surface area contributed by atoms with Crippen LogP contribution in [0.15, 0.2) is 24.3 Å². The predicted octanol–water partition coefficient (Wildman–Crippen LogP) is 1.96. The summed E-state index contributed by atoms with van der Waals surface area (Å²) < 4.78 is 43.6. The average Bonchev–Trinajstić information content (AvgIpc) is 2.58. The second-order valence-corrected chi connectivity index (χ2v) is 6.78. The molecule has 0 saturated carbocycles. The smallest absolute Gasteiger partial charge is 0.382 e. The third-order valence-electron chi connectivity index (χ3n) is 4.21. The van der Waals surface area contributed by atoms with E-state index < -0.39 is 30.8 Å². The molecular weight excluding hydrogens is 373 g/mol. The van der Waals surface area contributed by atoms with Crippen LogP contribution < -0.4 is 0 Å². The summed E-state index contributed by atoms with van der Waals surface area (Å²) in [5.74, 6) is -0.547. The molecule has 1 aliphatic rings. The number of amides is 1. The van der Waals surface area contributed by atoms with Gasteiger partial charge in [-0.3, -0.25) is 4.79 Å². The summed E-state index contributed by atoms with van der Waals surface area (Å²) in [5.41, 5.74) is 0.829. The normalized spacial score (nSPS) is 20.0. The van der Waals surface area contributed by atoms with Gasteiger partial charge in [0.2, 0.25) is 0 Å². The zero-order valence-corrected chi connectivity index (χ0v) is 15.1. The molecule has 0 unspecified atom stereocenters. The minimum atomic E-state index is -4.79. The first-order chi connectivity index (χ1) is 12.2. The topological polar surface area (TPSA) is 53.0 Å². The summed E-state index contributed by atoms with van der Waals surface area (Å²) in [7, 11) is 1.81. The Bertz CT molecular complexity index is 598. The molecule has 1 amide bonds. The Labute approximate surface area is 155 Å². The van der Waals surface area contributed by atoms with Gasteiger partial charge in [-0.2, -0.15) is 13.2 Å². The molecule has 0 radical (unpaired) electrons. The molecule has 0 bridgehead atoms. The van der Waals surface area contributed by atoms with Gasteiger partial charge >= 0.3 is 6.18 Å². The molecule has 2 rings (SSSR count). The summed E-state index contributed by atoms with van der Waals surface area (Å²) in [4.78, 5) is 15.6. The first kappa shape index (κ1) is 21.0. The monoisotopic (exact) mass is 394 g/mol. The van der Waals surface area contributed by atoms with Crippen LogP contribution in [-0.4, -0.2) is 79.0 Å². The lowest BCUT2D eigenvalue weighted by Crippen LogP contribution is -2.53. The van der Waals surface area contributed by atoms with Crippen molar-refractivity contribution < 1.29 is 27.8 Å². The van der Waals surface area contributed by atoms with Gasteiger partial charge in [-0.1, -0.05) is 23.7 Å². The van der Waals surface area contributed by atoms with Crippen LogP contribution in [0.1, 0.15) is 5.56 Å². The molecule has 1 fully saturated rings. The summed E-state index contributed by atoms with van der Waals surface area (Å²) in [5, 5.41) is 9.95. The number of carbonyl (C=O) groups is 1. The van der Waals surface area contributed by atoms with E-state index in [1.807, 2.05) is 11.9 Å². The molecule has 0 spiro atoms. The second-order valence-electron chi connectivity index (χ2n) is 6.34. The van der Waals surface area contributed by atoms with E-state index in [2.05, 4.69) is 0 Å². The minimum absolute atomic E-state index is 0.0389. The molecule has 1 aliphatic heterocycles. The maximum Gasteiger partial charge on any atom is 0.416 e. The van der Waals surface area contributed by atoms with Crippen molar-refractivity contribution in [3.8, 4) is 0 Å². The van der Waals surface area contributed by atoms with Crippen molar-refractivity contribution in [1.82, 2.24) is 9.80 Å². The van der Waals surface area contributed by atoms with Gasteiger partial charge in [0.15, 0.2) is 6.10 Å². The number of nitrogens with zero attached hydrogens (tertiary/aromatic N) is 2. The number of aliphatic hydroxyl groups is 1. The fourth-order valence-corrected chi connectivity index (χ4v) is 2.78. The number of morpholine rings is 1. The van der Waals surface area contributed by atoms with E-state index in [9.17, 15) is 23.1 Å². The van der Waals surface area contributed by atoms with Crippen molar-refractivity contribution in [2.45, 2.75) is 24.8 Å². The zero-order valence-electron chi connectivity index (χ0n) is 14.4. The van der Waals surface area contributed by atoms with Gasteiger partial charge in [0.25, 0.3) is 5.91 Å². The fraction of sp³-hybridized carbons (Fsp3) is 0.588. The van der Waals surface area contributed by atoms with Crippen molar-refractivity contribution in [2.75, 3.05) is 39.8 Å². The van der Waals surface area contributed by atoms with Crippen LogP contribution in [-0.2, 0) is 16.0 Å². The molecule has 1 saturated heterocycles. The lowest BCUT2D eigenvalue weighted by molar-refractivity contribution is -0.209. The van der Waals surface area contributed by atoms with Crippen LogP contribution in [0.5, 0.6) is 0 Å². The van der Waals surface area contributed by atoms with E-state index in [-0.39, 0.29) is 6.54 Å². The number of hydrogen-bond acceptors (Lipinski definition) is 4. The summed E-state index contributed by atoms with van der Waals surface area (Å²) >= 11 is 5.82. The number of carbonyl (C=O) groups excluding carboxylic acids is 1. The molecule has 2 atom stereocenters. The van der Waals surface area contributed by atoms with Crippen LogP contribution in [0.25, 0.3) is 0 Å². The van der Waals surface area contributed by atoms with Crippen LogP contribution >= 0.6 is 11.6 Å². The summed E-state index contributed by atoms with van der Waals surface area (Å²) in [6.45, 7) is 0.508. The third kappa shape index (κ3) is 6.12. The van der Waals surface area contributed by atoms with Crippen molar-refractivity contribution >= 4 is 17.5 Å². The van der Waals surface area contributed by atoms with Crippen LogP contribution in [0.3, 0.4) is 0 Å². The number of ether oxygens (including phenoxy) is 1. The lowest BCUT2D eigenvalue weighted by Gasteiger charge is -2.34. The van der Waals surface area contributed by atoms with Gasteiger partial charge in [-0.25, -0.2) is 0 Å². The Morgan fingerprint density at radius 2 is 2.08 bits per heavy atom. The van der Waals surface area contributed by atoms with Crippen molar-refractivity contribution in [2.24, 2.45) is 0 Å². The number of aliphatic hydroxyl groups excluding tert-OH is 1. The zero-order chi connectivity index (χ0) is 19.3. The largest absolute Gasteiger partial charge is 0.416 e. The number of benzene rings is 1. The van der Waals surface area contributed by atoms with Gasteiger partial charge in [-0.05, 0) is 31.2 Å². The molecular formula is C17H22ClF3N2O3. The van der Waals surface area contributed by atoms with Gasteiger partial charge in [0.1, 0.15) is 6.10 Å². The highest BCUT2D eigenvalue weighted by Gasteiger charge is 2.41. The molecule has 1 aromatic rings. The Kier molecular flexibility index (Phi) is 7.28. The van der Waals surface area contributed by atoms with Crippen molar-refractivity contribution in [3.63, 3.8) is 0 Å². The van der Waals surface area contributed by atoms with Gasteiger partial charge < -0.3 is 19.6 Å². The quantitative estimate of drug-likeness (QED) is 0.801. The second kappa shape index (κ2) is 9.03. The van der Waals surface area contributed by atoms with E-state index in [1.165, 1.54) is 0 Å². The van der Waals surface area contributed by atoms with E-state index in [0.29, 0.717) is 31.1 Å². The molecule has 5 nitrogen and oxygen atoms in total. The number of hydrogen-bond donors (Lipinski definition) is 1. The average molecular weight is 395 g/mol. The van der Waals surface area contributed by atoms with Crippen LogP contribution in [0.4, 0.5) is 13.2 Å². The summed E-state index contributed by atoms with van der Waals surface area (Å²) in [6, 6.07) is 6.84. The molecule has 0 aliphatic carbocycles. The Morgan fingerprint density at radius 1 is 1.42 bits per heavy atom. The standard InChI is InChI=1S/C17H22ClF3N2O3/c1-22-8-9-26-14(10-22)16(25)23(11-15(24)17(19,20)21)7-6-12-2-4-13(18)5-3-12/h2-5,14-15,24H,6-11H2,1H3/t14-,15+/m1/s1. The lowest BCUT2D eigenvalue weighted by atomic mass is 10.1. The highest BCUT2D eigenvalue weighted by atomic mass is 35.5. The molecule has 146 valence electrons. The van der Waals surface area contributed by atoms with Crippen LogP contribution in [0, 0.1) is 0 Å². The number of alkyl halides is 3. The molecule has 9 heteroatoms. The van der Waals surface area contributed by atoms with Crippen LogP contribution in [0.2, 0.25) is 5.02 Å². The van der Waals surface area contributed by atoms with E-state index >= 15 is 0 Å². The van der Waals surface area contributed by atoms with Gasteiger partial charge in [-0.15, -0.1) is 0 Å². The highest BCUT2D eigenvalue weighted by Crippen LogP contribution is 2.22. The maximum absolute atomic E-state index is 12.7. The number of likely N-dealkylation sites (N-methyl/N-ethyl adjacent to an activating group) is 1. The third-order valence-corrected chi connectivity index (χ3v) is 4.46. The Balaban J connectivity index is 2.07. The highest BCUT2D eigenvalue weighted by molar-refractivity contribution is 6.30. The number of rotatable bonds is 6. The van der Waals surface area contributed by atoms with E-state index in [1.54, 1.807) is 24.3 Å². The van der Waals surface area contributed by atoms with E-state index in [4.69, 9.17) is 16.3 Å². The Hall–Kier alpha value is -1.35. The minimum Gasteiger partial charge on any atom is -0.382 e. The SMILES string of the molecule is CN1CCO[C@@H](C(=O)N(CCc2ccc(Cl)cc2)C[C@H](O)C(F)(F)F)C1. The van der Waals surface area contributed by atoms with Gasteiger partial charge in [0.05, 0.1) is 13.2 Å².